The molecule has 1 atom stereocenters. The molecule has 86 valence electrons. The number of isocyanates is 1. The first-order valence-corrected chi connectivity index (χ1v) is 5.14. The summed E-state index contributed by atoms with van der Waals surface area (Å²) in [6.07, 6.45) is 3.35. The van der Waals surface area contributed by atoms with Crippen LogP contribution in [0.1, 0.15) is 5.56 Å². The number of aliphatic imine (C=N–C) groups is 1. The summed E-state index contributed by atoms with van der Waals surface area (Å²) in [6, 6.07) is 6.91. The maximum atomic E-state index is 11.2. The number of aromatic amines is 1. The summed E-state index contributed by atoms with van der Waals surface area (Å²) in [6.45, 7) is 0. The van der Waals surface area contributed by atoms with Crippen molar-refractivity contribution in [3.8, 4) is 0 Å². The van der Waals surface area contributed by atoms with Crippen LogP contribution >= 0.6 is 0 Å². The minimum absolute atomic E-state index is 0.341. The smallest absolute Gasteiger partial charge is 0.273 e. The zero-order valence-corrected chi connectivity index (χ0v) is 9.01. The molecule has 2 rings (SSSR count). The predicted molar refractivity (Wildman–Crippen MR) is 63.1 cm³/mol. The lowest BCUT2D eigenvalue weighted by atomic mass is 10.1. The Kier molecular flexibility index (Phi) is 3.14. The molecule has 1 heterocycles. The van der Waals surface area contributed by atoms with Crippen molar-refractivity contribution >= 4 is 22.9 Å². The number of amides is 1. The van der Waals surface area contributed by atoms with Gasteiger partial charge in [0.25, 0.3) is 5.91 Å². The third kappa shape index (κ3) is 2.30. The predicted octanol–water partition coefficient (Wildman–Crippen LogP) is 0.900. The number of nitrogens with two attached hydrogens (primary N) is 1. The number of H-pyrrole nitrogens is 1. The first-order chi connectivity index (χ1) is 8.22. The van der Waals surface area contributed by atoms with Crippen LogP contribution in [0.4, 0.5) is 0 Å². The van der Waals surface area contributed by atoms with Gasteiger partial charge in [-0.15, -0.1) is 4.99 Å². The average Bonchev–Trinajstić information content (AvgIpc) is 2.73. The van der Waals surface area contributed by atoms with Gasteiger partial charge in [-0.2, -0.15) is 0 Å². The van der Waals surface area contributed by atoms with Crippen LogP contribution in [0, 0.1) is 0 Å². The first kappa shape index (κ1) is 11.3. The number of nitrogens with zero attached hydrogens (tertiary/aromatic N) is 1. The highest BCUT2D eigenvalue weighted by Gasteiger charge is 2.15. The molecule has 0 spiro atoms. The topological polar surface area (TPSA) is 88.3 Å². The maximum Gasteiger partial charge on any atom is 0.273 e. The summed E-state index contributed by atoms with van der Waals surface area (Å²) in [5, 5.41) is 1.02. The van der Waals surface area contributed by atoms with Crippen molar-refractivity contribution in [2.24, 2.45) is 10.7 Å². The molecule has 0 saturated heterocycles. The molecular formula is C12H11N3O2. The quantitative estimate of drug-likeness (QED) is 0.605. The zero-order valence-electron chi connectivity index (χ0n) is 9.01. The fourth-order valence-corrected chi connectivity index (χ4v) is 1.75. The van der Waals surface area contributed by atoms with Crippen LogP contribution in [0.3, 0.4) is 0 Å². The summed E-state index contributed by atoms with van der Waals surface area (Å²) in [5.41, 5.74) is 7.57. The Hall–Kier alpha value is -2.23. The number of nitrogens with one attached hydrogen (secondary N) is 1. The monoisotopic (exact) mass is 229 g/mol. The lowest BCUT2D eigenvalue weighted by molar-refractivity contribution is -0.118. The van der Waals surface area contributed by atoms with Gasteiger partial charge in [0.15, 0.2) is 0 Å². The molecule has 0 bridgehead atoms. The van der Waals surface area contributed by atoms with Crippen molar-refractivity contribution in [3.05, 3.63) is 36.0 Å². The second kappa shape index (κ2) is 4.74. The standard InChI is InChI=1S/C12H11N3O2/c13-10(12(17)15-7-16)5-8-6-14-11-4-2-1-3-9(8)11/h1-4,6,10,14H,5,13H2. The third-order valence-corrected chi connectivity index (χ3v) is 2.59. The van der Waals surface area contributed by atoms with Gasteiger partial charge in [-0.3, -0.25) is 4.79 Å². The number of hydrogen-bond donors (Lipinski definition) is 2. The first-order valence-electron chi connectivity index (χ1n) is 5.14. The number of rotatable bonds is 3. The molecule has 1 aromatic carbocycles. The number of carbonyl (C=O) groups is 1. The molecule has 0 aliphatic rings. The minimum Gasteiger partial charge on any atom is -0.361 e. The Labute approximate surface area is 97.3 Å². The van der Waals surface area contributed by atoms with Crippen LogP contribution in [0.5, 0.6) is 0 Å². The lowest BCUT2D eigenvalue weighted by Crippen LogP contribution is -2.31. The molecule has 17 heavy (non-hydrogen) atoms. The van der Waals surface area contributed by atoms with E-state index in [1.54, 1.807) is 0 Å². The number of aromatic nitrogens is 1. The normalized spacial score (nSPS) is 12.1. The van der Waals surface area contributed by atoms with Gasteiger partial charge in [0.2, 0.25) is 6.08 Å². The largest absolute Gasteiger partial charge is 0.361 e. The summed E-state index contributed by atoms with van der Waals surface area (Å²) in [4.78, 5) is 27.3. The van der Waals surface area contributed by atoms with Crippen molar-refractivity contribution in [1.82, 2.24) is 4.98 Å². The highest BCUT2D eigenvalue weighted by Crippen LogP contribution is 2.18. The fraction of sp³-hybridized carbons (Fsp3) is 0.167. The summed E-state index contributed by atoms with van der Waals surface area (Å²) in [5.74, 6) is -0.648. The number of para-hydroxylation sites is 1. The van der Waals surface area contributed by atoms with Gasteiger partial charge in [0.1, 0.15) is 0 Å². The Balaban J connectivity index is 2.24. The van der Waals surface area contributed by atoms with Crippen molar-refractivity contribution in [2.75, 3.05) is 0 Å². The lowest BCUT2D eigenvalue weighted by Gasteiger charge is -2.04. The number of benzene rings is 1. The van der Waals surface area contributed by atoms with Crippen molar-refractivity contribution in [3.63, 3.8) is 0 Å². The van der Waals surface area contributed by atoms with Gasteiger partial charge in [-0.1, -0.05) is 18.2 Å². The Morgan fingerprint density at radius 1 is 1.47 bits per heavy atom. The Morgan fingerprint density at radius 2 is 2.24 bits per heavy atom. The van der Waals surface area contributed by atoms with Gasteiger partial charge in [0, 0.05) is 17.1 Å². The molecule has 0 aliphatic heterocycles. The number of fused-ring (bicyclic) bond motifs is 1. The Bertz CT molecular complexity index is 597. The van der Waals surface area contributed by atoms with Crippen molar-refractivity contribution in [1.29, 1.82) is 0 Å². The van der Waals surface area contributed by atoms with E-state index in [1.165, 1.54) is 6.08 Å². The second-order valence-electron chi connectivity index (χ2n) is 3.71. The molecule has 1 unspecified atom stereocenters. The summed E-state index contributed by atoms with van der Waals surface area (Å²) >= 11 is 0. The Morgan fingerprint density at radius 3 is 3.00 bits per heavy atom. The van der Waals surface area contributed by atoms with E-state index in [0.717, 1.165) is 16.5 Å². The van der Waals surface area contributed by atoms with Crippen LogP contribution in [0.25, 0.3) is 10.9 Å². The second-order valence-corrected chi connectivity index (χ2v) is 3.71. The van der Waals surface area contributed by atoms with Gasteiger partial charge in [-0.25, -0.2) is 4.79 Å². The van der Waals surface area contributed by atoms with E-state index in [9.17, 15) is 9.59 Å². The highest BCUT2D eigenvalue weighted by molar-refractivity contribution is 5.88. The molecule has 5 heteroatoms. The third-order valence-electron chi connectivity index (χ3n) is 2.59. The number of carbonyl (C=O) groups excluding carboxylic acids is 2. The van der Waals surface area contributed by atoms with Crippen LogP contribution in [-0.4, -0.2) is 23.0 Å². The van der Waals surface area contributed by atoms with Gasteiger partial charge >= 0.3 is 0 Å². The van der Waals surface area contributed by atoms with E-state index in [4.69, 9.17) is 5.73 Å². The fourth-order valence-electron chi connectivity index (χ4n) is 1.75. The van der Waals surface area contributed by atoms with Gasteiger partial charge < -0.3 is 10.7 Å². The molecular weight excluding hydrogens is 218 g/mol. The van der Waals surface area contributed by atoms with E-state index in [2.05, 4.69) is 9.98 Å². The van der Waals surface area contributed by atoms with Crippen LogP contribution in [-0.2, 0) is 16.0 Å². The molecule has 0 aliphatic carbocycles. The highest BCUT2D eigenvalue weighted by atomic mass is 16.2. The summed E-state index contributed by atoms with van der Waals surface area (Å²) in [7, 11) is 0. The van der Waals surface area contributed by atoms with E-state index in [0.29, 0.717) is 6.42 Å². The average molecular weight is 229 g/mol. The molecule has 0 fully saturated rings. The SMILES string of the molecule is NC(Cc1c[nH]c2ccccc12)C(=O)N=C=O. The van der Waals surface area contributed by atoms with Crippen molar-refractivity contribution in [2.45, 2.75) is 12.5 Å². The summed E-state index contributed by atoms with van der Waals surface area (Å²) < 4.78 is 0. The minimum atomic E-state index is -0.810. The van der Waals surface area contributed by atoms with E-state index in [1.807, 2.05) is 30.5 Å². The van der Waals surface area contributed by atoms with Crippen molar-refractivity contribution < 1.29 is 9.59 Å². The van der Waals surface area contributed by atoms with Gasteiger partial charge in [0.05, 0.1) is 6.04 Å². The molecule has 0 radical (unpaired) electrons. The van der Waals surface area contributed by atoms with Crippen LogP contribution < -0.4 is 5.73 Å². The zero-order chi connectivity index (χ0) is 12.3. The molecule has 1 aromatic heterocycles. The molecule has 1 amide bonds. The molecule has 2 aromatic rings. The van der Waals surface area contributed by atoms with E-state index < -0.39 is 11.9 Å². The molecule has 5 nitrogen and oxygen atoms in total. The van der Waals surface area contributed by atoms with E-state index >= 15 is 0 Å². The molecule has 3 N–H and O–H groups in total. The maximum absolute atomic E-state index is 11.2. The van der Waals surface area contributed by atoms with Gasteiger partial charge in [-0.05, 0) is 18.1 Å². The van der Waals surface area contributed by atoms with Crippen LogP contribution in [0.2, 0.25) is 0 Å². The van der Waals surface area contributed by atoms with E-state index in [-0.39, 0.29) is 0 Å². The molecule has 0 saturated carbocycles. The number of hydrogen-bond acceptors (Lipinski definition) is 3. The van der Waals surface area contributed by atoms with Crippen LogP contribution in [0.15, 0.2) is 35.5 Å².